The molecule has 7 heteroatoms. The summed E-state index contributed by atoms with van der Waals surface area (Å²) in [5.41, 5.74) is 3.16. The van der Waals surface area contributed by atoms with Gasteiger partial charge in [-0.15, -0.1) is 10.2 Å². The first kappa shape index (κ1) is 18.5. The molecule has 0 aliphatic heterocycles. The summed E-state index contributed by atoms with van der Waals surface area (Å²) >= 11 is 7.15. The molecule has 1 N–H and O–H groups in total. The Morgan fingerprint density at radius 3 is 2.46 bits per heavy atom. The molecular weight excluding hydrogens is 368 g/mol. The fraction of sp³-hybridized carbons (Fsp3) is 0.211. The van der Waals surface area contributed by atoms with Crippen molar-refractivity contribution >= 4 is 34.5 Å². The third-order valence-corrected chi connectivity index (χ3v) is 4.90. The fourth-order valence-corrected chi connectivity index (χ4v) is 3.36. The molecule has 0 unspecified atom stereocenters. The number of rotatable bonds is 6. The van der Waals surface area contributed by atoms with Crippen LogP contribution < -0.4 is 5.32 Å². The summed E-state index contributed by atoms with van der Waals surface area (Å²) in [6.07, 6.45) is 0. The average molecular weight is 387 g/mol. The number of carbonyl (C=O) groups is 1. The van der Waals surface area contributed by atoms with Gasteiger partial charge in [0, 0.05) is 17.3 Å². The Morgan fingerprint density at radius 1 is 1.08 bits per heavy atom. The van der Waals surface area contributed by atoms with Crippen LogP contribution in [0.25, 0.3) is 0 Å². The molecule has 0 fully saturated rings. The van der Waals surface area contributed by atoms with E-state index >= 15 is 0 Å². The van der Waals surface area contributed by atoms with Crippen LogP contribution in [0.3, 0.4) is 0 Å². The van der Waals surface area contributed by atoms with Crippen molar-refractivity contribution in [3.8, 4) is 0 Å². The van der Waals surface area contributed by atoms with Gasteiger partial charge in [0.25, 0.3) is 5.91 Å². The first-order chi connectivity index (χ1) is 12.5. The number of amides is 1. The average Bonchev–Trinajstić information content (AvgIpc) is 3.07. The standard InChI is InChI=1S/C19H19ClN4OS/c1-13-3-5-14(6-4-13)11-24(2)12-17-22-23-19(26-17)18(25)21-16-9-7-15(20)8-10-16/h3-10H,11-12H2,1-2H3,(H,21,25). The third kappa shape index (κ3) is 5.11. The third-order valence-electron chi connectivity index (χ3n) is 3.74. The number of hydrogen-bond donors (Lipinski definition) is 1. The lowest BCUT2D eigenvalue weighted by Crippen LogP contribution is -2.17. The van der Waals surface area contributed by atoms with Crippen molar-refractivity contribution in [1.29, 1.82) is 0 Å². The van der Waals surface area contributed by atoms with Crippen LogP contribution in [0, 0.1) is 6.92 Å². The van der Waals surface area contributed by atoms with Gasteiger partial charge in [-0.2, -0.15) is 0 Å². The lowest BCUT2D eigenvalue weighted by atomic mass is 10.1. The first-order valence-electron chi connectivity index (χ1n) is 8.13. The van der Waals surface area contributed by atoms with Crippen molar-refractivity contribution in [2.24, 2.45) is 0 Å². The monoisotopic (exact) mass is 386 g/mol. The second-order valence-electron chi connectivity index (χ2n) is 6.12. The van der Waals surface area contributed by atoms with Gasteiger partial charge in [-0.25, -0.2) is 0 Å². The van der Waals surface area contributed by atoms with Crippen molar-refractivity contribution in [3.05, 3.63) is 74.7 Å². The van der Waals surface area contributed by atoms with Crippen LogP contribution >= 0.6 is 22.9 Å². The zero-order valence-corrected chi connectivity index (χ0v) is 16.1. The number of nitrogens with zero attached hydrogens (tertiary/aromatic N) is 3. The van der Waals surface area contributed by atoms with E-state index in [9.17, 15) is 4.79 Å². The van der Waals surface area contributed by atoms with Crippen molar-refractivity contribution in [2.75, 3.05) is 12.4 Å². The minimum absolute atomic E-state index is 0.266. The van der Waals surface area contributed by atoms with Crippen molar-refractivity contribution in [2.45, 2.75) is 20.0 Å². The van der Waals surface area contributed by atoms with E-state index in [0.717, 1.165) is 11.6 Å². The van der Waals surface area contributed by atoms with Gasteiger partial charge in [0.1, 0.15) is 5.01 Å². The normalized spacial score (nSPS) is 10.9. The van der Waals surface area contributed by atoms with E-state index in [4.69, 9.17) is 11.6 Å². The molecule has 134 valence electrons. The number of nitrogens with one attached hydrogen (secondary N) is 1. The molecule has 1 heterocycles. The molecule has 2 aromatic carbocycles. The van der Waals surface area contributed by atoms with E-state index in [1.54, 1.807) is 24.3 Å². The summed E-state index contributed by atoms with van der Waals surface area (Å²) in [5, 5.41) is 12.7. The Hall–Kier alpha value is -2.28. The van der Waals surface area contributed by atoms with Crippen molar-refractivity contribution in [3.63, 3.8) is 0 Å². The maximum atomic E-state index is 12.3. The molecule has 0 atom stereocenters. The molecule has 0 bridgehead atoms. The summed E-state index contributed by atoms with van der Waals surface area (Å²) in [7, 11) is 2.02. The lowest BCUT2D eigenvalue weighted by Gasteiger charge is -2.14. The molecule has 0 aliphatic rings. The fourth-order valence-electron chi connectivity index (χ4n) is 2.42. The molecule has 3 rings (SSSR count). The Kier molecular flexibility index (Phi) is 5.98. The minimum Gasteiger partial charge on any atom is -0.320 e. The van der Waals surface area contributed by atoms with Crippen LogP contribution in [0.2, 0.25) is 5.02 Å². The van der Waals surface area contributed by atoms with Crippen LogP contribution in [-0.4, -0.2) is 28.1 Å². The molecular formula is C19H19ClN4OS. The molecule has 0 saturated carbocycles. The molecule has 3 aromatic rings. The highest BCUT2D eigenvalue weighted by Crippen LogP contribution is 2.17. The molecule has 1 amide bonds. The van der Waals surface area contributed by atoms with E-state index in [1.165, 1.54) is 22.5 Å². The molecule has 1 aromatic heterocycles. The Balaban J connectivity index is 1.57. The smallest absolute Gasteiger partial charge is 0.286 e. The highest BCUT2D eigenvalue weighted by atomic mass is 35.5. The van der Waals surface area contributed by atoms with E-state index < -0.39 is 0 Å². The summed E-state index contributed by atoms with van der Waals surface area (Å²) in [5.74, 6) is -0.266. The predicted octanol–water partition coefficient (Wildman–Crippen LogP) is 4.38. The van der Waals surface area contributed by atoms with Crippen LogP contribution in [0.5, 0.6) is 0 Å². The molecule has 0 spiro atoms. The van der Waals surface area contributed by atoms with Crippen molar-refractivity contribution in [1.82, 2.24) is 15.1 Å². The number of aryl methyl sites for hydroxylation is 1. The van der Waals surface area contributed by atoms with Gasteiger partial charge in [0.2, 0.25) is 5.01 Å². The van der Waals surface area contributed by atoms with E-state index in [1.807, 2.05) is 7.05 Å². The minimum atomic E-state index is -0.266. The number of anilines is 1. The molecule has 26 heavy (non-hydrogen) atoms. The number of aromatic nitrogens is 2. The SMILES string of the molecule is Cc1ccc(CN(C)Cc2nnc(C(=O)Nc3ccc(Cl)cc3)s2)cc1. The number of carbonyl (C=O) groups excluding carboxylic acids is 1. The number of hydrogen-bond acceptors (Lipinski definition) is 5. The van der Waals surface area contributed by atoms with Crippen LogP contribution in [0.4, 0.5) is 5.69 Å². The molecule has 0 aliphatic carbocycles. The summed E-state index contributed by atoms with van der Waals surface area (Å²) in [4.78, 5) is 14.4. The van der Waals surface area contributed by atoms with Gasteiger partial charge in [-0.05, 0) is 43.8 Å². The van der Waals surface area contributed by atoms with Gasteiger partial charge in [-0.1, -0.05) is 52.8 Å². The number of halogens is 1. The van der Waals surface area contributed by atoms with Crippen LogP contribution in [-0.2, 0) is 13.1 Å². The van der Waals surface area contributed by atoms with Gasteiger partial charge >= 0.3 is 0 Å². The molecule has 0 saturated heterocycles. The van der Waals surface area contributed by atoms with E-state index in [-0.39, 0.29) is 5.91 Å². The topological polar surface area (TPSA) is 58.1 Å². The van der Waals surface area contributed by atoms with Crippen LogP contribution in [0.1, 0.15) is 25.9 Å². The van der Waals surface area contributed by atoms with Crippen molar-refractivity contribution < 1.29 is 4.79 Å². The zero-order valence-electron chi connectivity index (χ0n) is 14.6. The lowest BCUT2D eigenvalue weighted by molar-refractivity contribution is 0.102. The number of benzene rings is 2. The van der Waals surface area contributed by atoms with Crippen LogP contribution in [0.15, 0.2) is 48.5 Å². The van der Waals surface area contributed by atoms with E-state index in [2.05, 4.69) is 51.6 Å². The predicted molar refractivity (Wildman–Crippen MR) is 106 cm³/mol. The maximum absolute atomic E-state index is 12.3. The molecule has 0 radical (unpaired) electrons. The van der Waals surface area contributed by atoms with E-state index in [0.29, 0.717) is 22.3 Å². The largest absolute Gasteiger partial charge is 0.320 e. The van der Waals surface area contributed by atoms with Gasteiger partial charge in [0.05, 0.1) is 6.54 Å². The zero-order chi connectivity index (χ0) is 18.5. The maximum Gasteiger partial charge on any atom is 0.286 e. The molecule has 5 nitrogen and oxygen atoms in total. The Labute approximate surface area is 161 Å². The van der Waals surface area contributed by atoms with Gasteiger partial charge < -0.3 is 5.32 Å². The Bertz CT molecular complexity index is 877. The summed E-state index contributed by atoms with van der Waals surface area (Å²) in [6.45, 7) is 3.53. The first-order valence-corrected chi connectivity index (χ1v) is 9.32. The van der Waals surface area contributed by atoms with Gasteiger partial charge in [-0.3, -0.25) is 9.69 Å². The summed E-state index contributed by atoms with van der Waals surface area (Å²) in [6, 6.07) is 15.4. The highest BCUT2D eigenvalue weighted by molar-refractivity contribution is 7.13. The summed E-state index contributed by atoms with van der Waals surface area (Å²) < 4.78 is 0. The quantitative estimate of drug-likeness (QED) is 0.682. The second kappa shape index (κ2) is 8.40. The van der Waals surface area contributed by atoms with Gasteiger partial charge in [0.15, 0.2) is 0 Å². The highest BCUT2D eigenvalue weighted by Gasteiger charge is 2.14. The Morgan fingerprint density at radius 2 is 1.77 bits per heavy atom. The second-order valence-corrected chi connectivity index (χ2v) is 7.62.